The van der Waals surface area contributed by atoms with E-state index in [0.29, 0.717) is 13.1 Å². The lowest BCUT2D eigenvalue weighted by molar-refractivity contribution is -0.118. The summed E-state index contributed by atoms with van der Waals surface area (Å²) in [6, 6.07) is 0. The number of anilines is 1. The highest BCUT2D eigenvalue weighted by Crippen LogP contribution is 2.18. The molecule has 0 spiro atoms. The zero-order chi connectivity index (χ0) is 14.0. The van der Waals surface area contributed by atoms with Crippen LogP contribution in [0.2, 0.25) is 0 Å². The maximum Gasteiger partial charge on any atom is 0.238 e. The second-order valence-corrected chi connectivity index (χ2v) is 5.25. The molecule has 1 unspecified atom stereocenters. The fourth-order valence-corrected chi connectivity index (χ4v) is 2.51. The van der Waals surface area contributed by atoms with E-state index in [1.165, 1.54) is 0 Å². The Labute approximate surface area is 113 Å². The molecule has 2 heterocycles. The molecule has 1 fully saturated rings. The molecule has 0 saturated carbocycles. The minimum absolute atomic E-state index is 0.0479. The molecule has 1 saturated heterocycles. The van der Waals surface area contributed by atoms with Crippen LogP contribution in [0, 0.1) is 13.8 Å². The first-order valence-corrected chi connectivity index (χ1v) is 6.68. The highest BCUT2D eigenvalue weighted by Gasteiger charge is 2.20. The van der Waals surface area contributed by atoms with Gasteiger partial charge in [-0.2, -0.15) is 5.10 Å². The molecule has 2 rings (SSSR count). The quantitative estimate of drug-likeness (QED) is 0.832. The Kier molecular flexibility index (Phi) is 4.21. The van der Waals surface area contributed by atoms with E-state index < -0.39 is 0 Å². The Hall–Kier alpha value is -1.40. The Morgan fingerprint density at radius 1 is 1.53 bits per heavy atom. The van der Waals surface area contributed by atoms with Crippen molar-refractivity contribution in [1.29, 1.82) is 0 Å². The molecule has 1 aromatic heterocycles. The lowest BCUT2D eigenvalue weighted by atomic mass is 10.1. The SMILES string of the molecule is Cc1nn(C)c(C)c1NC(=O)CN1CCCC(O)C1. The number of piperidine rings is 1. The van der Waals surface area contributed by atoms with Gasteiger partial charge in [-0.25, -0.2) is 0 Å². The van der Waals surface area contributed by atoms with Crippen molar-refractivity contribution in [2.75, 3.05) is 25.0 Å². The van der Waals surface area contributed by atoms with Crippen molar-refractivity contribution in [3.63, 3.8) is 0 Å². The minimum Gasteiger partial charge on any atom is -0.392 e. The topological polar surface area (TPSA) is 70.4 Å². The third-order valence-corrected chi connectivity index (χ3v) is 3.62. The van der Waals surface area contributed by atoms with Crippen LogP contribution >= 0.6 is 0 Å². The van der Waals surface area contributed by atoms with E-state index in [1.54, 1.807) is 4.68 Å². The van der Waals surface area contributed by atoms with Crippen LogP contribution in [0.4, 0.5) is 5.69 Å². The van der Waals surface area contributed by atoms with E-state index in [9.17, 15) is 9.90 Å². The number of nitrogens with one attached hydrogen (secondary N) is 1. The van der Waals surface area contributed by atoms with E-state index in [-0.39, 0.29) is 12.0 Å². The van der Waals surface area contributed by atoms with Crippen LogP contribution in [0.5, 0.6) is 0 Å². The number of carbonyl (C=O) groups is 1. The molecule has 0 bridgehead atoms. The fourth-order valence-electron chi connectivity index (χ4n) is 2.51. The Bertz CT molecular complexity index is 469. The Balaban J connectivity index is 1.94. The van der Waals surface area contributed by atoms with Crippen molar-refractivity contribution in [2.45, 2.75) is 32.8 Å². The molecule has 19 heavy (non-hydrogen) atoms. The lowest BCUT2D eigenvalue weighted by Crippen LogP contribution is -2.42. The van der Waals surface area contributed by atoms with Crippen molar-refractivity contribution in [3.8, 4) is 0 Å². The van der Waals surface area contributed by atoms with Crippen molar-refractivity contribution in [1.82, 2.24) is 14.7 Å². The predicted octanol–water partition coefficient (Wildman–Crippen LogP) is 0.432. The summed E-state index contributed by atoms with van der Waals surface area (Å²) in [7, 11) is 1.86. The molecule has 1 aliphatic rings. The average molecular weight is 266 g/mol. The maximum absolute atomic E-state index is 12.0. The zero-order valence-corrected chi connectivity index (χ0v) is 11.8. The predicted molar refractivity (Wildman–Crippen MR) is 73.0 cm³/mol. The van der Waals surface area contributed by atoms with Crippen molar-refractivity contribution >= 4 is 11.6 Å². The van der Waals surface area contributed by atoms with E-state index in [4.69, 9.17) is 0 Å². The van der Waals surface area contributed by atoms with Crippen LogP contribution in [-0.4, -0.2) is 51.4 Å². The molecule has 1 atom stereocenters. The summed E-state index contributed by atoms with van der Waals surface area (Å²) in [5, 5.41) is 16.8. The van der Waals surface area contributed by atoms with Crippen LogP contribution in [0.3, 0.4) is 0 Å². The summed E-state index contributed by atoms with van der Waals surface area (Å²) in [6.07, 6.45) is 1.47. The van der Waals surface area contributed by atoms with Crippen molar-refractivity contribution in [2.24, 2.45) is 7.05 Å². The highest BCUT2D eigenvalue weighted by molar-refractivity contribution is 5.93. The van der Waals surface area contributed by atoms with Gasteiger partial charge in [0.1, 0.15) is 0 Å². The molecule has 1 aromatic rings. The first kappa shape index (κ1) is 14.0. The third kappa shape index (κ3) is 3.33. The number of hydrogen-bond donors (Lipinski definition) is 2. The second-order valence-electron chi connectivity index (χ2n) is 5.25. The van der Waals surface area contributed by atoms with Crippen LogP contribution in [0.1, 0.15) is 24.2 Å². The summed E-state index contributed by atoms with van der Waals surface area (Å²) in [5.74, 6) is -0.0479. The van der Waals surface area contributed by atoms with Crippen molar-refractivity contribution in [3.05, 3.63) is 11.4 Å². The molecular weight excluding hydrogens is 244 g/mol. The first-order valence-electron chi connectivity index (χ1n) is 6.68. The number of β-amino-alcohol motifs (C(OH)–C–C–N with tert-alkyl or cyclic N) is 1. The molecule has 106 valence electrons. The highest BCUT2D eigenvalue weighted by atomic mass is 16.3. The molecule has 6 heteroatoms. The number of aryl methyl sites for hydroxylation is 2. The first-order chi connectivity index (χ1) is 8.97. The van der Waals surface area contributed by atoms with E-state index in [1.807, 2.05) is 25.8 Å². The van der Waals surface area contributed by atoms with Gasteiger partial charge in [0, 0.05) is 13.6 Å². The average Bonchev–Trinajstić information content (AvgIpc) is 2.56. The van der Waals surface area contributed by atoms with Gasteiger partial charge in [-0.3, -0.25) is 14.4 Å². The molecule has 0 aliphatic carbocycles. The summed E-state index contributed by atoms with van der Waals surface area (Å²) in [6.45, 7) is 5.59. The van der Waals surface area contributed by atoms with E-state index >= 15 is 0 Å². The second kappa shape index (κ2) is 5.71. The number of likely N-dealkylation sites (tertiary alicyclic amines) is 1. The van der Waals surface area contributed by atoms with Gasteiger partial charge in [0.15, 0.2) is 0 Å². The van der Waals surface area contributed by atoms with E-state index in [0.717, 1.165) is 36.5 Å². The van der Waals surface area contributed by atoms with Gasteiger partial charge >= 0.3 is 0 Å². The van der Waals surface area contributed by atoms with Gasteiger partial charge < -0.3 is 10.4 Å². The minimum atomic E-state index is -0.302. The van der Waals surface area contributed by atoms with Crippen LogP contribution in [0.15, 0.2) is 0 Å². The van der Waals surface area contributed by atoms with Gasteiger partial charge in [-0.05, 0) is 33.2 Å². The molecule has 2 N–H and O–H groups in total. The number of carbonyl (C=O) groups excluding carboxylic acids is 1. The fraction of sp³-hybridized carbons (Fsp3) is 0.692. The number of aromatic nitrogens is 2. The van der Waals surface area contributed by atoms with Crippen LogP contribution in [-0.2, 0) is 11.8 Å². The zero-order valence-electron chi connectivity index (χ0n) is 11.8. The maximum atomic E-state index is 12.0. The summed E-state index contributed by atoms with van der Waals surface area (Å²) >= 11 is 0. The van der Waals surface area contributed by atoms with Crippen LogP contribution in [0.25, 0.3) is 0 Å². The van der Waals surface area contributed by atoms with Crippen molar-refractivity contribution < 1.29 is 9.90 Å². The van der Waals surface area contributed by atoms with Gasteiger partial charge in [0.05, 0.1) is 29.7 Å². The summed E-state index contributed by atoms with van der Waals surface area (Å²) < 4.78 is 1.76. The molecule has 6 nitrogen and oxygen atoms in total. The lowest BCUT2D eigenvalue weighted by Gasteiger charge is -2.29. The van der Waals surface area contributed by atoms with E-state index in [2.05, 4.69) is 10.4 Å². The number of aliphatic hydroxyl groups excluding tert-OH is 1. The van der Waals surface area contributed by atoms with Gasteiger partial charge in [-0.1, -0.05) is 0 Å². The van der Waals surface area contributed by atoms with Crippen LogP contribution < -0.4 is 5.32 Å². The van der Waals surface area contributed by atoms with Gasteiger partial charge in [0.25, 0.3) is 0 Å². The smallest absolute Gasteiger partial charge is 0.238 e. The number of nitrogens with zero attached hydrogens (tertiary/aromatic N) is 3. The Morgan fingerprint density at radius 3 is 2.84 bits per heavy atom. The van der Waals surface area contributed by atoms with Gasteiger partial charge in [0.2, 0.25) is 5.91 Å². The largest absolute Gasteiger partial charge is 0.392 e. The standard InChI is InChI=1S/C13H22N4O2/c1-9-13(10(2)16(3)15-9)14-12(19)8-17-6-4-5-11(18)7-17/h11,18H,4-8H2,1-3H3,(H,14,19). The molecule has 0 aromatic carbocycles. The number of amides is 1. The number of rotatable bonds is 3. The van der Waals surface area contributed by atoms with Gasteiger partial charge in [-0.15, -0.1) is 0 Å². The monoisotopic (exact) mass is 266 g/mol. The summed E-state index contributed by atoms with van der Waals surface area (Å²) in [4.78, 5) is 14.0. The number of hydrogen-bond acceptors (Lipinski definition) is 4. The number of aliphatic hydroxyl groups is 1. The molecule has 0 radical (unpaired) electrons. The third-order valence-electron chi connectivity index (χ3n) is 3.62. The normalized spacial score (nSPS) is 20.5. The summed E-state index contributed by atoms with van der Waals surface area (Å²) in [5.41, 5.74) is 2.57. The Morgan fingerprint density at radius 2 is 2.26 bits per heavy atom. The molecule has 1 amide bonds. The molecule has 1 aliphatic heterocycles. The molecular formula is C13H22N4O2.